The highest BCUT2D eigenvalue weighted by Gasteiger charge is 2.20. The molecule has 1 heterocycles. The summed E-state index contributed by atoms with van der Waals surface area (Å²) in [4.78, 5) is 14.6. The maximum Gasteiger partial charge on any atom is 0.251 e. The Morgan fingerprint density at radius 2 is 1.90 bits per heavy atom. The average Bonchev–Trinajstić information content (AvgIpc) is 2.54. The molecule has 116 valence electrons. The molecule has 0 atom stereocenters. The Kier molecular flexibility index (Phi) is 6.05. The van der Waals surface area contributed by atoms with Crippen LogP contribution in [0.5, 0.6) is 5.75 Å². The molecule has 1 aromatic rings. The van der Waals surface area contributed by atoms with Crippen molar-refractivity contribution in [2.45, 2.75) is 39.2 Å². The van der Waals surface area contributed by atoms with Gasteiger partial charge in [0.25, 0.3) is 5.91 Å². The van der Waals surface area contributed by atoms with Gasteiger partial charge in [0.15, 0.2) is 0 Å². The smallest absolute Gasteiger partial charge is 0.251 e. The topological polar surface area (TPSA) is 41.6 Å². The Labute approximate surface area is 127 Å². The molecule has 4 heteroatoms. The van der Waals surface area contributed by atoms with Crippen molar-refractivity contribution < 1.29 is 9.53 Å². The van der Waals surface area contributed by atoms with E-state index in [1.165, 1.54) is 0 Å². The summed E-state index contributed by atoms with van der Waals surface area (Å²) in [6.07, 6.45) is 3.06. The number of ether oxygens (including phenoxy) is 1. The first kappa shape index (κ1) is 15.8. The zero-order chi connectivity index (χ0) is 15.1. The highest BCUT2D eigenvalue weighted by molar-refractivity contribution is 5.94. The molecule has 0 bridgehead atoms. The molecule has 1 N–H and O–H groups in total. The molecule has 4 nitrogen and oxygen atoms in total. The normalized spacial score (nSPS) is 16.7. The van der Waals surface area contributed by atoms with Gasteiger partial charge in [-0.2, -0.15) is 0 Å². The summed E-state index contributed by atoms with van der Waals surface area (Å²) in [5.41, 5.74) is 0.705. The van der Waals surface area contributed by atoms with Gasteiger partial charge in [-0.15, -0.1) is 0 Å². The summed E-state index contributed by atoms with van der Waals surface area (Å²) in [7, 11) is 0. The van der Waals surface area contributed by atoms with Crippen molar-refractivity contribution in [1.82, 2.24) is 10.2 Å². The number of likely N-dealkylation sites (tertiary alicyclic amines) is 1. The summed E-state index contributed by atoms with van der Waals surface area (Å²) < 4.78 is 5.53. The molecule has 0 aliphatic carbocycles. The van der Waals surface area contributed by atoms with E-state index in [9.17, 15) is 4.79 Å². The summed E-state index contributed by atoms with van der Waals surface area (Å²) in [5.74, 6) is 0.844. The molecule has 0 saturated carbocycles. The van der Waals surface area contributed by atoms with Gasteiger partial charge in [0.2, 0.25) is 0 Å². The van der Waals surface area contributed by atoms with E-state index in [4.69, 9.17) is 4.74 Å². The van der Waals surface area contributed by atoms with Crippen LogP contribution in [0.4, 0.5) is 0 Å². The zero-order valence-corrected chi connectivity index (χ0v) is 13.1. The van der Waals surface area contributed by atoms with Gasteiger partial charge >= 0.3 is 0 Å². The standard InChI is InChI=1S/C17H26N2O2/c1-3-13-21-16-7-5-14(6-8-16)17(20)18-15-9-11-19(4-2)12-10-15/h5-8,15H,3-4,9-13H2,1-2H3,(H,18,20). The van der Waals surface area contributed by atoms with Gasteiger partial charge in [-0.25, -0.2) is 0 Å². The number of nitrogens with zero attached hydrogens (tertiary/aromatic N) is 1. The second-order valence-electron chi connectivity index (χ2n) is 5.55. The number of hydrogen-bond acceptors (Lipinski definition) is 3. The van der Waals surface area contributed by atoms with E-state index in [0.717, 1.165) is 44.6 Å². The van der Waals surface area contributed by atoms with E-state index < -0.39 is 0 Å². The quantitative estimate of drug-likeness (QED) is 0.876. The molecule has 1 fully saturated rings. The molecule has 1 saturated heterocycles. The third kappa shape index (κ3) is 4.74. The lowest BCUT2D eigenvalue weighted by Gasteiger charge is -2.31. The number of carbonyl (C=O) groups is 1. The van der Waals surface area contributed by atoms with Crippen LogP contribution >= 0.6 is 0 Å². The monoisotopic (exact) mass is 290 g/mol. The van der Waals surface area contributed by atoms with E-state index in [0.29, 0.717) is 18.2 Å². The molecular formula is C17H26N2O2. The first-order valence-electron chi connectivity index (χ1n) is 7.99. The molecular weight excluding hydrogens is 264 g/mol. The largest absolute Gasteiger partial charge is 0.494 e. The zero-order valence-electron chi connectivity index (χ0n) is 13.1. The molecule has 1 amide bonds. The van der Waals surface area contributed by atoms with Gasteiger partial charge < -0.3 is 15.0 Å². The second kappa shape index (κ2) is 8.03. The minimum absolute atomic E-state index is 0.0204. The number of piperidine rings is 1. The van der Waals surface area contributed by atoms with Crippen LogP contribution in [0, 0.1) is 0 Å². The second-order valence-corrected chi connectivity index (χ2v) is 5.55. The molecule has 2 rings (SSSR count). The lowest BCUT2D eigenvalue weighted by Crippen LogP contribution is -2.44. The van der Waals surface area contributed by atoms with Crippen molar-refractivity contribution in [3.8, 4) is 5.75 Å². The van der Waals surface area contributed by atoms with Crippen molar-refractivity contribution >= 4 is 5.91 Å². The predicted octanol–water partition coefficient (Wildman–Crippen LogP) is 2.69. The lowest BCUT2D eigenvalue weighted by molar-refractivity contribution is 0.0912. The number of amides is 1. The van der Waals surface area contributed by atoms with E-state index in [1.807, 2.05) is 24.3 Å². The van der Waals surface area contributed by atoms with Gasteiger partial charge in [-0.05, 0) is 50.1 Å². The van der Waals surface area contributed by atoms with Gasteiger partial charge in [0.05, 0.1) is 6.61 Å². The van der Waals surface area contributed by atoms with Crippen LogP contribution in [0.3, 0.4) is 0 Å². The van der Waals surface area contributed by atoms with E-state index in [1.54, 1.807) is 0 Å². The van der Waals surface area contributed by atoms with Crippen molar-refractivity contribution in [3.05, 3.63) is 29.8 Å². The van der Waals surface area contributed by atoms with E-state index in [-0.39, 0.29) is 5.91 Å². The van der Waals surface area contributed by atoms with Crippen LogP contribution in [0.15, 0.2) is 24.3 Å². The fourth-order valence-electron chi connectivity index (χ4n) is 2.58. The van der Waals surface area contributed by atoms with E-state index in [2.05, 4.69) is 24.1 Å². The molecule has 21 heavy (non-hydrogen) atoms. The minimum atomic E-state index is 0.0204. The summed E-state index contributed by atoms with van der Waals surface area (Å²) in [5, 5.41) is 3.14. The Bertz CT molecular complexity index is 437. The molecule has 0 unspecified atom stereocenters. The van der Waals surface area contributed by atoms with Crippen LogP contribution in [-0.2, 0) is 0 Å². The summed E-state index contributed by atoms with van der Waals surface area (Å²) in [6.45, 7) is 8.21. The van der Waals surface area contributed by atoms with Crippen LogP contribution < -0.4 is 10.1 Å². The van der Waals surface area contributed by atoms with Crippen LogP contribution in [0.2, 0.25) is 0 Å². The maximum atomic E-state index is 12.2. The summed E-state index contributed by atoms with van der Waals surface area (Å²) in [6, 6.07) is 7.70. The molecule has 0 radical (unpaired) electrons. The Morgan fingerprint density at radius 1 is 1.24 bits per heavy atom. The first-order valence-corrected chi connectivity index (χ1v) is 7.99. The van der Waals surface area contributed by atoms with Crippen LogP contribution in [0.1, 0.15) is 43.5 Å². The number of nitrogens with one attached hydrogen (secondary N) is 1. The number of benzene rings is 1. The highest BCUT2D eigenvalue weighted by Crippen LogP contribution is 2.14. The van der Waals surface area contributed by atoms with Crippen LogP contribution in [0.25, 0.3) is 0 Å². The van der Waals surface area contributed by atoms with Crippen molar-refractivity contribution in [3.63, 3.8) is 0 Å². The van der Waals surface area contributed by atoms with Crippen LogP contribution in [-0.4, -0.2) is 43.1 Å². The predicted molar refractivity (Wildman–Crippen MR) is 84.8 cm³/mol. The first-order chi connectivity index (χ1) is 10.2. The lowest BCUT2D eigenvalue weighted by atomic mass is 10.0. The number of rotatable bonds is 6. The average molecular weight is 290 g/mol. The molecule has 1 aliphatic rings. The minimum Gasteiger partial charge on any atom is -0.494 e. The fraction of sp³-hybridized carbons (Fsp3) is 0.588. The molecule has 1 aromatic carbocycles. The molecule has 0 aromatic heterocycles. The van der Waals surface area contributed by atoms with Gasteiger partial charge in [0.1, 0.15) is 5.75 Å². The molecule has 0 spiro atoms. The highest BCUT2D eigenvalue weighted by atomic mass is 16.5. The summed E-state index contributed by atoms with van der Waals surface area (Å²) >= 11 is 0. The third-order valence-electron chi connectivity index (χ3n) is 3.96. The Morgan fingerprint density at radius 3 is 2.48 bits per heavy atom. The Balaban J connectivity index is 1.83. The van der Waals surface area contributed by atoms with Gasteiger partial charge in [-0.3, -0.25) is 4.79 Å². The van der Waals surface area contributed by atoms with Gasteiger partial charge in [-0.1, -0.05) is 13.8 Å². The molecule has 1 aliphatic heterocycles. The SMILES string of the molecule is CCCOc1ccc(C(=O)NC2CCN(CC)CC2)cc1. The van der Waals surface area contributed by atoms with Crippen molar-refractivity contribution in [1.29, 1.82) is 0 Å². The van der Waals surface area contributed by atoms with Crippen molar-refractivity contribution in [2.24, 2.45) is 0 Å². The fourth-order valence-corrected chi connectivity index (χ4v) is 2.58. The van der Waals surface area contributed by atoms with Crippen molar-refractivity contribution in [2.75, 3.05) is 26.2 Å². The number of carbonyl (C=O) groups excluding carboxylic acids is 1. The third-order valence-corrected chi connectivity index (χ3v) is 3.96. The maximum absolute atomic E-state index is 12.2. The number of hydrogen-bond donors (Lipinski definition) is 1. The Hall–Kier alpha value is -1.55. The van der Waals surface area contributed by atoms with E-state index >= 15 is 0 Å². The van der Waals surface area contributed by atoms with Gasteiger partial charge in [0, 0.05) is 24.7 Å².